The molecule has 1 aliphatic rings. The van der Waals surface area contributed by atoms with Crippen molar-refractivity contribution in [2.24, 2.45) is 0 Å². The van der Waals surface area contributed by atoms with E-state index in [0.717, 1.165) is 0 Å². The monoisotopic (exact) mass is 290 g/mol. The first-order chi connectivity index (χ1) is 5.57. The van der Waals surface area contributed by atoms with E-state index in [2.05, 4.69) is 0 Å². The summed E-state index contributed by atoms with van der Waals surface area (Å²) in [6, 6.07) is 0. The van der Waals surface area contributed by atoms with Gasteiger partial charge in [-0.15, -0.1) is 0 Å². The van der Waals surface area contributed by atoms with Crippen LogP contribution >= 0.6 is 22.6 Å². The zero-order valence-corrected chi connectivity index (χ0v) is 8.33. The average Bonchev–Trinajstić information content (AvgIpc) is 2.08. The summed E-state index contributed by atoms with van der Waals surface area (Å²) < 4.78 is 4.25. The van der Waals surface area contributed by atoms with Gasteiger partial charge >= 0.3 is 0 Å². The molecule has 0 saturated carbocycles. The maximum Gasteiger partial charge on any atom is 0.169 e. The number of aliphatic hydroxyl groups excluding tert-OH is 4. The van der Waals surface area contributed by atoms with E-state index in [1.807, 2.05) is 0 Å². The minimum Gasteiger partial charge on any atom is -0.394 e. The van der Waals surface area contributed by atoms with E-state index < -0.39 is 35.1 Å². The Bertz CT molecular complexity index is 150. The topological polar surface area (TPSA) is 90.2 Å². The molecule has 4 N–H and O–H groups in total. The first-order valence-electron chi connectivity index (χ1n) is 3.52. The highest BCUT2D eigenvalue weighted by atomic mass is 127. The van der Waals surface area contributed by atoms with Crippen LogP contribution in [0.15, 0.2) is 0 Å². The Balaban J connectivity index is 2.63. The van der Waals surface area contributed by atoms with Crippen LogP contribution in [0.25, 0.3) is 0 Å². The fourth-order valence-corrected chi connectivity index (χ4v) is 1.66. The molecule has 1 heterocycles. The zero-order chi connectivity index (χ0) is 9.30. The summed E-state index contributed by atoms with van der Waals surface area (Å²) in [5.74, 6) is 0. The van der Waals surface area contributed by atoms with Crippen molar-refractivity contribution in [2.45, 2.75) is 28.5 Å². The Labute approximate surface area is 83.1 Å². The zero-order valence-electron chi connectivity index (χ0n) is 6.17. The van der Waals surface area contributed by atoms with Crippen LogP contribution in [-0.4, -0.2) is 55.6 Å². The maximum atomic E-state index is 9.31. The Kier molecular flexibility index (Phi) is 3.68. The van der Waals surface area contributed by atoms with Crippen LogP contribution in [0.5, 0.6) is 0 Å². The normalized spacial score (nSPS) is 49.2. The van der Waals surface area contributed by atoms with Gasteiger partial charge in [0.05, 0.1) is 16.6 Å². The molecular formula is C6H11IO5. The van der Waals surface area contributed by atoms with Gasteiger partial charge < -0.3 is 25.2 Å². The van der Waals surface area contributed by atoms with E-state index >= 15 is 0 Å². The number of rotatable bonds is 1. The molecule has 12 heavy (non-hydrogen) atoms. The van der Waals surface area contributed by atoms with Crippen LogP contribution in [0.3, 0.4) is 0 Å². The molecule has 0 bridgehead atoms. The highest BCUT2D eigenvalue weighted by Crippen LogP contribution is 2.24. The first-order valence-corrected chi connectivity index (χ1v) is 4.77. The van der Waals surface area contributed by atoms with E-state index in [1.165, 1.54) is 0 Å². The molecule has 0 aliphatic carbocycles. The number of alkyl halides is 1. The minimum absolute atomic E-state index is 0.418. The number of hydrogen-bond acceptors (Lipinski definition) is 5. The summed E-state index contributed by atoms with van der Waals surface area (Å²) >= 11 is 1.78. The Morgan fingerprint density at radius 2 is 1.75 bits per heavy atom. The van der Waals surface area contributed by atoms with Crippen LogP contribution in [0.1, 0.15) is 0 Å². The lowest BCUT2D eigenvalue weighted by Crippen LogP contribution is -2.56. The minimum atomic E-state index is -1.14. The molecule has 1 saturated heterocycles. The predicted molar refractivity (Wildman–Crippen MR) is 47.8 cm³/mol. The highest BCUT2D eigenvalue weighted by molar-refractivity contribution is 14.1. The SMILES string of the molecule is OC[C@H]1OC(O)[C@H](I)[C@@H](O)[C@@H]1O. The highest BCUT2D eigenvalue weighted by Gasteiger charge is 2.41. The summed E-state index contributed by atoms with van der Waals surface area (Å²) in [6.07, 6.45) is -4.24. The summed E-state index contributed by atoms with van der Waals surface area (Å²) in [7, 11) is 0. The lowest BCUT2D eigenvalue weighted by atomic mass is 10.0. The van der Waals surface area contributed by atoms with Crippen molar-refractivity contribution >= 4 is 22.6 Å². The molecule has 0 aromatic rings. The molecule has 5 atom stereocenters. The Morgan fingerprint density at radius 3 is 2.25 bits per heavy atom. The molecule has 0 amide bonds. The number of halogens is 1. The maximum absolute atomic E-state index is 9.31. The van der Waals surface area contributed by atoms with Gasteiger partial charge in [-0.1, -0.05) is 22.6 Å². The lowest BCUT2D eigenvalue weighted by molar-refractivity contribution is -0.231. The van der Waals surface area contributed by atoms with Crippen LogP contribution in [-0.2, 0) is 4.74 Å². The summed E-state index contributed by atoms with van der Waals surface area (Å²) in [5.41, 5.74) is 0. The van der Waals surface area contributed by atoms with Gasteiger partial charge in [-0.3, -0.25) is 0 Å². The second-order valence-corrected chi connectivity index (χ2v) is 4.11. The fourth-order valence-electron chi connectivity index (χ4n) is 1.06. The van der Waals surface area contributed by atoms with Gasteiger partial charge in [-0.2, -0.15) is 0 Å². The molecule has 1 rings (SSSR count). The van der Waals surface area contributed by atoms with E-state index in [1.54, 1.807) is 22.6 Å². The van der Waals surface area contributed by atoms with Crippen LogP contribution in [0.2, 0.25) is 0 Å². The predicted octanol–water partition coefficient (Wildman–Crippen LogP) is -1.78. The Morgan fingerprint density at radius 1 is 1.17 bits per heavy atom. The van der Waals surface area contributed by atoms with Crippen molar-refractivity contribution in [1.29, 1.82) is 0 Å². The second-order valence-electron chi connectivity index (χ2n) is 2.67. The number of hydrogen-bond donors (Lipinski definition) is 4. The molecule has 72 valence electrons. The summed E-state index contributed by atoms with van der Waals surface area (Å²) in [6.45, 7) is -0.418. The van der Waals surface area contributed by atoms with Crippen molar-refractivity contribution in [2.75, 3.05) is 6.61 Å². The molecular weight excluding hydrogens is 279 g/mol. The van der Waals surface area contributed by atoms with Gasteiger partial charge in [0.1, 0.15) is 12.2 Å². The lowest BCUT2D eigenvalue weighted by Gasteiger charge is -2.37. The molecule has 0 spiro atoms. The third-order valence-electron chi connectivity index (χ3n) is 1.82. The Hall–Kier alpha value is 0.530. The molecule has 5 nitrogen and oxygen atoms in total. The van der Waals surface area contributed by atoms with Crippen molar-refractivity contribution in [3.8, 4) is 0 Å². The van der Waals surface area contributed by atoms with E-state index in [4.69, 9.17) is 14.9 Å². The quantitative estimate of drug-likeness (QED) is 0.339. The third kappa shape index (κ3) is 1.88. The standard InChI is InChI=1S/C6H11IO5/c7-3-5(10)4(9)2(1-8)12-6(3)11/h2-6,8-11H,1H2/t2-,3-,4-,5-,6?/m1/s1. The van der Waals surface area contributed by atoms with Gasteiger partial charge in [0.15, 0.2) is 6.29 Å². The van der Waals surface area contributed by atoms with Gasteiger partial charge in [-0.05, 0) is 0 Å². The van der Waals surface area contributed by atoms with Crippen molar-refractivity contribution in [1.82, 2.24) is 0 Å². The molecule has 1 unspecified atom stereocenters. The number of ether oxygens (including phenoxy) is 1. The molecule has 6 heteroatoms. The van der Waals surface area contributed by atoms with E-state index in [0.29, 0.717) is 0 Å². The van der Waals surface area contributed by atoms with Gasteiger partial charge in [0.2, 0.25) is 0 Å². The van der Waals surface area contributed by atoms with Gasteiger partial charge in [0, 0.05) is 0 Å². The van der Waals surface area contributed by atoms with Crippen molar-refractivity contribution < 1.29 is 25.2 Å². The smallest absolute Gasteiger partial charge is 0.169 e. The van der Waals surface area contributed by atoms with Gasteiger partial charge in [-0.25, -0.2) is 0 Å². The van der Waals surface area contributed by atoms with E-state index in [-0.39, 0.29) is 0 Å². The summed E-state index contributed by atoms with van der Waals surface area (Å²) in [4.78, 5) is 0. The molecule has 0 radical (unpaired) electrons. The van der Waals surface area contributed by atoms with Crippen LogP contribution in [0.4, 0.5) is 0 Å². The molecule has 1 fully saturated rings. The second kappa shape index (κ2) is 4.16. The fraction of sp³-hybridized carbons (Fsp3) is 1.00. The van der Waals surface area contributed by atoms with Gasteiger partial charge in [0.25, 0.3) is 0 Å². The molecule has 0 aromatic heterocycles. The largest absolute Gasteiger partial charge is 0.394 e. The average molecular weight is 290 g/mol. The van der Waals surface area contributed by atoms with E-state index in [9.17, 15) is 10.2 Å². The third-order valence-corrected chi connectivity index (χ3v) is 3.18. The van der Waals surface area contributed by atoms with Crippen molar-refractivity contribution in [3.05, 3.63) is 0 Å². The molecule has 0 aromatic carbocycles. The molecule has 1 aliphatic heterocycles. The first kappa shape index (κ1) is 10.6. The summed E-state index contributed by atoms with van der Waals surface area (Å²) in [5, 5.41) is 36.4. The number of aliphatic hydroxyl groups is 4. The van der Waals surface area contributed by atoms with Crippen LogP contribution < -0.4 is 0 Å². The van der Waals surface area contributed by atoms with Crippen molar-refractivity contribution in [3.63, 3.8) is 0 Å². The van der Waals surface area contributed by atoms with Crippen LogP contribution in [0, 0.1) is 0 Å².